The molecule has 3 aromatic carbocycles. The van der Waals surface area contributed by atoms with E-state index in [1.54, 1.807) is 18.2 Å². The Morgan fingerprint density at radius 1 is 0.889 bits per heavy atom. The lowest BCUT2D eigenvalue weighted by Gasteiger charge is -2.31. The second-order valence-electron chi connectivity index (χ2n) is 11.6. The van der Waals surface area contributed by atoms with Crippen LogP contribution in [0.5, 0.6) is 11.5 Å². The van der Waals surface area contributed by atoms with Gasteiger partial charge in [-0.1, -0.05) is 62.4 Å². The molecule has 0 saturated carbocycles. The molecule has 45 heavy (non-hydrogen) atoms. The highest BCUT2D eigenvalue weighted by Crippen LogP contribution is 2.21. The van der Waals surface area contributed by atoms with Crippen molar-refractivity contribution in [2.75, 3.05) is 25.2 Å². The largest absolute Gasteiger partial charge is 0.497 e. The van der Waals surface area contributed by atoms with Crippen molar-refractivity contribution in [2.24, 2.45) is 11.7 Å². The van der Waals surface area contributed by atoms with Crippen LogP contribution >= 0.6 is 0 Å². The van der Waals surface area contributed by atoms with Gasteiger partial charge in [0.2, 0.25) is 0 Å². The number of aliphatic hydroxyl groups is 1. The Balaban J connectivity index is 1.92. The van der Waals surface area contributed by atoms with E-state index in [4.69, 9.17) is 15.2 Å². The van der Waals surface area contributed by atoms with Gasteiger partial charge in [0.15, 0.2) is 6.10 Å². The van der Waals surface area contributed by atoms with Crippen molar-refractivity contribution in [2.45, 2.75) is 57.9 Å². The van der Waals surface area contributed by atoms with Gasteiger partial charge in [-0.15, -0.1) is 0 Å². The highest BCUT2D eigenvalue weighted by Gasteiger charge is 2.31. The summed E-state index contributed by atoms with van der Waals surface area (Å²) in [5, 5.41) is 20.6. The topological polar surface area (TPSA) is 156 Å². The maximum atomic E-state index is 14.2. The summed E-state index contributed by atoms with van der Waals surface area (Å²) in [5.74, 6) is -1.20. The van der Waals surface area contributed by atoms with Gasteiger partial charge >= 0.3 is 5.97 Å². The molecule has 3 aromatic rings. The van der Waals surface area contributed by atoms with E-state index in [0.29, 0.717) is 24.2 Å². The number of aromatic carboxylic acids is 1. The third-order valence-electron chi connectivity index (χ3n) is 7.37. The number of carbonyl (C=O) groups is 2. The van der Waals surface area contributed by atoms with E-state index < -0.39 is 40.0 Å². The van der Waals surface area contributed by atoms with Crippen molar-refractivity contribution < 1.29 is 37.7 Å². The lowest BCUT2D eigenvalue weighted by atomic mass is 10.0. The zero-order valence-electron chi connectivity index (χ0n) is 26.0. The summed E-state index contributed by atoms with van der Waals surface area (Å²) in [6.45, 7) is 3.77. The van der Waals surface area contributed by atoms with E-state index >= 15 is 0 Å². The quantitative estimate of drug-likeness (QED) is 0.187. The summed E-state index contributed by atoms with van der Waals surface area (Å²) in [5.41, 5.74) is 7.98. The number of ether oxygens (including phenoxy) is 2. The maximum Gasteiger partial charge on any atom is 0.335 e. The van der Waals surface area contributed by atoms with Crippen LogP contribution in [0.15, 0.2) is 78.9 Å². The van der Waals surface area contributed by atoms with Gasteiger partial charge in [0.25, 0.3) is 5.91 Å². The molecule has 10 nitrogen and oxygen atoms in total. The Hall–Kier alpha value is -3.93. The number of amides is 1. The first-order chi connectivity index (χ1) is 21.4. The first-order valence-corrected chi connectivity index (χ1v) is 16.8. The van der Waals surface area contributed by atoms with Crippen LogP contribution in [0.1, 0.15) is 48.2 Å². The van der Waals surface area contributed by atoms with Crippen LogP contribution in [0.4, 0.5) is 0 Å². The molecule has 0 radical (unpaired) electrons. The fraction of sp³-hybridized carbons (Fsp3) is 0.412. The molecule has 11 heteroatoms. The Morgan fingerprint density at radius 2 is 1.53 bits per heavy atom. The molecule has 244 valence electrons. The molecule has 0 heterocycles. The van der Waals surface area contributed by atoms with Crippen LogP contribution in [0.25, 0.3) is 0 Å². The summed E-state index contributed by atoms with van der Waals surface area (Å²) >= 11 is 0. The van der Waals surface area contributed by atoms with E-state index in [1.165, 1.54) is 36.3 Å². The van der Waals surface area contributed by atoms with Crippen LogP contribution in [-0.4, -0.2) is 78.8 Å². The number of carboxylic acid groups (broad SMARTS) is 1. The molecule has 0 bridgehead atoms. The maximum absolute atomic E-state index is 14.2. The first-order valence-electron chi connectivity index (χ1n) is 15.0. The number of methoxy groups -OCH3 is 1. The van der Waals surface area contributed by atoms with Crippen LogP contribution in [-0.2, 0) is 27.6 Å². The van der Waals surface area contributed by atoms with Gasteiger partial charge in [-0.05, 0) is 60.2 Å². The predicted molar refractivity (Wildman–Crippen MR) is 173 cm³/mol. The highest BCUT2D eigenvalue weighted by molar-refractivity contribution is 7.91. The minimum Gasteiger partial charge on any atom is -0.497 e. The number of hydrogen-bond acceptors (Lipinski definition) is 8. The van der Waals surface area contributed by atoms with Crippen molar-refractivity contribution in [3.8, 4) is 11.5 Å². The third-order valence-corrected chi connectivity index (χ3v) is 9.08. The van der Waals surface area contributed by atoms with Crippen molar-refractivity contribution in [3.05, 3.63) is 95.6 Å². The van der Waals surface area contributed by atoms with Crippen LogP contribution in [0, 0.1) is 5.92 Å². The molecule has 0 aromatic heterocycles. The summed E-state index contributed by atoms with van der Waals surface area (Å²) < 4.78 is 37.2. The van der Waals surface area contributed by atoms with Crippen molar-refractivity contribution in [3.63, 3.8) is 0 Å². The number of nitrogens with zero attached hydrogens (tertiary/aromatic N) is 1. The van der Waals surface area contributed by atoms with Crippen LogP contribution in [0.3, 0.4) is 0 Å². The molecular weight excluding hydrogens is 596 g/mol. The number of nitrogens with two attached hydrogens (primary N) is 1. The lowest BCUT2D eigenvalue weighted by molar-refractivity contribution is -0.141. The molecule has 4 N–H and O–H groups in total. The minimum absolute atomic E-state index is 0.0271. The summed E-state index contributed by atoms with van der Waals surface area (Å²) in [4.78, 5) is 27.2. The third kappa shape index (κ3) is 11.8. The summed E-state index contributed by atoms with van der Waals surface area (Å²) in [6.07, 6.45) is -1.72. The Labute approximate surface area is 265 Å². The van der Waals surface area contributed by atoms with Crippen molar-refractivity contribution in [1.82, 2.24) is 4.90 Å². The van der Waals surface area contributed by atoms with Crippen LogP contribution in [0.2, 0.25) is 0 Å². The van der Waals surface area contributed by atoms with E-state index in [2.05, 4.69) is 0 Å². The van der Waals surface area contributed by atoms with Gasteiger partial charge in [-0.3, -0.25) is 4.79 Å². The Bertz CT molecular complexity index is 1500. The molecule has 0 saturated heterocycles. The molecule has 3 atom stereocenters. The molecule has 0 spiro atoms. The minimum atomic E-state index is -3.51. The smallest absolute Gasteiger partial charge is 0.335 e. The second-order valence-corrected chi connectivity index (χ2v) is 13.9. The fourth-order valence-electron chi connectivity index (χ4n) is 4.71. The van der Waals surface area contributed by atoms with Crippen molar-refractivity contribution in [1.29, 1.82) is 0 Å². The zero-order valence-corrected chi connectivity index (χ0v) is 26.9. The number of rotatable bonds is 18. The fourth-order valence-corrected chi connectivity index (χ4v) is 6.32. The second kappa shape index (κ2) is 17.0. The highest BCUT2D eigenvalue weighted by atomic mass is 32.2. The van der Waals surface area contributed by atoms with Gasteiger partial charge in [0, 0.05) is 25.6 Å². The predicted octanol–water partition coefficient (Wildman–Crippen LogP) is 3.95. The zero-order chi connectivity index (χ0) is 33.0. The number of hydrogen-bond donors (Lipinski definition) is 3. The summed E-state index contributed by atoms with van der Waals surface area (Å²) in [6, 6.07) is 21.5. The average Bonchev–Trinajstić information content (AvgIpc) is 3.02. The van der Waals surface area contributed by atoms with E-state index in [-0.39, 0.29) is 48.2 Å². The number of sulfone groups is 1. The normalized spacial score (nSPS) is 13.6. The van der Waals surface area contributed by atoms with E-state index in [9.17, 15) is 28.2 Å². The molecule has 0 aliphatic rings. The number of benzene rings is 3. The Morgan fingerprint density at radius 3 is 2.20 bits per heavy atom. The number of carboxylic acids is 1. The first kappa shape index (κ1) is 35.5. The van der Waals surface area contributed by atoms with Crippen LogP contribution < -0.4 is 15.2 Å². The van der Waals surface area contributed by atoms with Gasteiger partial charge in [0.1, 0.15) is 21.3 Å². The number of aliphatic hydroxyl groups excluding tert-OH is 1. The molecule has 0 fully saturated rings. The Kier molecular flexibility index (Phi) is 13.4. The van der Waals surface area contributed by atoms with E-state index in [1.807, 2.05) is 50.2 Å². The molecular formula is C34H44N2O8S. The lowest BCUT2D eigenvalue weighted by Crippen LogP contribution is -2.50. The standard InChI is InChI=1S/C34H44N2O8S/c1-24(2)15-17-45(41,42)18-16-32(44-29-14-8-12-27(21-29)34(39)40)33(38)36(22-26-11-7-13-28(19-26)43-3)23-31(37)30(35)20-25-9-5-4-6-10-25/h4-14,19,21,24,30-32,37H,15-18,20,22-23,35H2,1-3H3,(H,39,40)/t30-,31+,32?/m0/s1. The molecule has 1 unspecified atom stereocenters. The SMILES string of the molecule is COc1cccc(CN(C[C@@H](O)[C@@H](N)Cc2ccccc2)C(=O)C(CCS(=O)(=O)CCC(C)C)Oc2cccc(C(=O)O)c2)c1. The molecule has 3 rings (SSSR count). The van der Waals surface area contributed by atoms with Gasteiger partial charge in [-0.25, -0.2) is 13.2 Å². The molecule has 0 aliphatic heterocycles. The van der Waals surface area contributed by atoms with Gasteiger partial charge in [-0.2, -0.15) is 0 Å². The van der Waals surface area contributed by atoms with Gasteiger partial charge < -0.3 is 30.3 Å². The van der Waals surface area contributed by atoms with Crippen molar-refractivity contribution >= 4 is 21.7 Å². The number of carbonyl (C=O) groups excluding carboxylic acids is 1. The summed E-state index contributed by atoms with van der Waals surface area (Å²) in [7, 11) is -1.98. The average molecular weight is 641 g/mol. The molecule has 1 amide bonds. The van der Waals surface area contributed by atoms with E-state index in [0.717, 1.165) is 5.56 Å². The monoisotopic (exact) mass is 640 g/mol. The van der Waals surface area contributed by atoms with Gasteiger partial charge in [0.05, 0.1) is 30.3 Å². The molecule has 0 aliphatic carbocycles.